The van der Waals surface area contributed by atoms with E-state index >= 15 is 0 Å². The highest BCUT2D eigenvalue weighted by Crippen LogP contribution is 2.26. The summed E-state index contributed by atoms with van der Waals surface area (Å²) in [5, 5.41) is 3.42. The predicted molar refractivity (Wildman–Crippen MR) is 76.1 cm³/mol. The molecule has 19 heavy (non-hydrogen) atoms. The fraction of sp³-hybridized carbons (Fsp3) is 0.933. The molecule has 4 heteroatoms. The molecule has 1 N–H and O–H groups in total. The van der Waals surface area contributed by atoms with Crippen molar-refractivity contribution >= 4 is 5.97 Å². The molecule has 2 unspecified atom stereocenters. The third kappa shape index (κ3) is 5.91. The van der Waals surface area contributed by atoms with Gasteiger partial charge in [-0.1, -0.05) is 13.8 Å². The van der Waals surface area contributed by atoms with E-state index in [1.807, 2.05) is 20.8 Å². The molecule has 1 saturated carbocycles. The highest BCUT2D eigenvalue weighted by molar-refractivity contribution is 5.80. The standard InChI is InChI=1S/C15H29NO3/c1-6-18-14(17)15(5,16-13-7-8-13)9-12(4)19-10-11(2)3/h11-13,16H,6-10H2,1-5H3. The van der Waals surface area contributed by atoms with Crippen molar-refractivity contribution < 1.29 is 14.3 Å². The Morgan fingerprint density at radius 3 is 2.47 bits per heavy atom. The van der Waals surface area contributed by atoms with Crippen molar-refractivity contribution in [1.29, 1.82) is 0 Å². The number of esters is 1. The van der Waals surface area contributed by atoms with Crippen LogP contribution < -0.4 is 5.32 Å². The zero-order valence-corrected chi connectivity index (χ0v) is 13.0. The van der Waals surface area contributed by atoms with Crippen molar-refractivity contribution in [3.05, 3.63) is 0 Å². The van der Waals surface area contributed by atoms with Crippen molar-refractivity contribution in [1.82, 2.24) is 5.32 Å². The Bertz CT molecular complexity index is 289. The summed E-state index contributed by atoms with van der Waals surface area (Å²) in [5.41, 5.74) is -0.631. The molecule has 0 spiro atoms. The first-order valence-corrected chi connectivity index (χ1v) is 7.44. The fourth-order valence-electron chi connectivity index (χ4n) is 2.16. The molecule has 0 radical (unpaired) electrons. The lowest BCUT2D eigenvalue weighted by molar-refractivity contribution is -0.152. The molecule has 1 rings (SSSR count). The van der Waals surface area contributed by atoms with Crippen LogP contribution in [0.4, 0.5) is 0 Å². The highest BCUT2D eigenvalue weighted by Gasteiger charge is 2.40. The Balaban J connectivity index is 2.54. The maximum absolute atomic E-state index is 12.2. The first-order valence-electron chi connectivity index (χ1n) is 7.44. The molecule has 0 bridgehead atoms. The molecule has 1 fully saturated rings. The van der Waals surface area contributed by atoms with E-state index in [1.165, 1.54) is 0 Å². The van der Waals surface area contributed by atoms with E-state index in [0.29, 0.717) is 25.0 Å². The SMILES string of the molecule is CCOC(=O)C(C)(CC(C)OCC(C)C)NC1CC1. The van der Waals surface area contributed by atoms with E-state index < -0.39 is 5.54 Å². The minimum Gasteiger partial charge on any atom is -0.465 e. The van der Waals surface area contributed by atoms with Gasteiger partial charge in [0.15, 0.2) is 0 Å². The Hall–Kier alpha value is -0.610. The summed E-state index contributed by atoms with van der Waals surface area (Å²) in [6.45, 7) is 11.2. The topological polar surface area (TPSA) is 47.6 Å². The van der Waals surface area contributed by atoms with Crippen LogP contribution in [-0.2, 0) is 14.3 Å². The lowest BCUT2D eigenvalue weighted by Crippen LogP contribution is -2.53. The Kier molecular flexibility index (Phi) is 6.27. The number of rotatable bonds is 9. The molecule has 0 aromatic carbocycles. The Morgan fingerprint density at radius 1 is 1.37 bits per heavy atom. The molecule has 1 aliphatic rings. The zero-order valence-electron chi connectivity index (χ0n) is 13.0. The van der Waals surface area contributed by atoms with Crippen molar-refractivity contribution in [2.24, 2.45) is 5.92 Å². The first-order chi connectivity index (χ1) is 8.87. The van der Waals surface area contributed by atoms with E-state index in [4.69, 9.17) is 9.47 Å². The quantitative estimate of drug-likeness (QED) is 0.655. The van der Waals surface area contributed by atoms with E-state index in [1.54, 1.807) is 0 Å². The van der Waals surface area contributed by atoms with Gasteiger partial charge in [0.25, 0.3) is 0 Å². The molecule has 0 heterocycles. The maximum atomic E-state index is 12.2. The summed E-state index contributed by atoms with van der Waals surface area (Å²) in [5.74, 6) is 0.342. The summed E-state index contributed by atoms with van der Waals surface area (Å²) >= 11 is 0. The minimum absolute atomic E-state index is 0.0445. The van der Waals surface area contributed by atoms with Crippen LogP contribution >= 0.6 is 0 Å². The van der Waals surface area contributed by atoms with Crippen LogP contribution in [0.1, 0.15) is 53.9 Å². The van der Waals surface area contributed by atoms with Gasteiger partial charge in [-0.05, 0) is 39.5 Å². The van der Waals surface area contributed by atoms with Crippen LogP contribution in [0.5, 0.6) is 0 Å². The van der Waals surface area contributed by atoms with Gasteiger partial charge in [0, 0.05) is 19.1 Å². The summed E-state index contributed by atoms with van der Waals surface area (Å²) < 4.78 is 11.0. The summed E-state index contributed by atoms with van der Waals surface area (Å²) in [6, 6.07) is 0.465. The third-order valence-electron chi connectivity index (χ3n) is 3.24. The second-order valence-electron chi connectivity index (χ2n) is 6.21. The second-order valence-corrected chi connectivity index (χ2v) is 6.21. The minimum atomic E-state index is -0.631. The molecule has 1 aliphatic carbocycles. The smallest absolute Gasteiger partial charge is 0.326 e. The molecule has 2 atom stereocenters. The average Bonchev–Trinajstić information content (AvgIpc) is 3.10. The number of carbonyl (C=O) groups excluding carboxylic acids is 1. The van der Waals surface area contributed by atoms with Crippen LogP contribution in [0.2, 0.25) is 0 Å². The van der Waals surface area contributed by atoms with Crippen LogP contribution in [-0.4, -0.2) is 36.9 Å². The molecule has 0 amide bonds. The zero-order chi connectivity index (χ0) is 14.5. The number of hydrogen-bond acceptors (Lipinski definition) is 4. The largest absolute Gasteiger partial charge is 0.465 e. The van der Waals surface area contributed by atoms with E-state index in [9.17, 15) is 4.79 Å². The van der Waals surface area contributed by atoms with Gasteiger partial charge < -0.3 is 9.47 Å². The van der Waals surface area contributed by atoms with E-state index in [2.05, 4.69) is 19.2 Å². The summed E-state index contributed by atoms with van der Waals surface area (Å²) in [7, 11) is 0. The van der Waals surface area contributed by atoms with Crippen LogP contribution in [0.15, 0.2) is 0 Å². The third-order valence-corrected chi connectivity index (χ3v) is 3.24. The number of hydrogen-bond donors (Lipinski definition) is 1. The van der Waals surface area contributed by atoms with Gasteiger partial charge in [-0.3, -0.25) is 10.1 Å². The number of nitrogens with one attached hydrogen (secondary N) is 1. The van der Waals surface area contributed by atoms with E-state index in [0.717, 1.165) is 19.4 Å². The lowest BCUT2D eigenvalue weighted by atomic mass is 9.94. The maximum Gasteiger partial charge on any atom is 0.326 e. The van der Waals surface area contributed by atoms with E-state index in [-0.39, 0.29) is 12.1 Å². The van der Waals surface area contributed by atoms with Gasteiger partial charge in [0.2, 0.25) is 0 Å². The van der Waals surface area contributed by atoms with Crippen molar-refractivity contribution in [3.8, 4) is 0 Å². The highest BCUT2D eigenvalue weighted by atomic mass is 16.5. The normalized spacial score (nSPS) is 20.1. The van der Waals surface area contributed by atoms with Gasteiger partial charge in [-0.2, -0.15) is 0 Å². The van der Waals surface area contributed by atoms with Gasteiger partial charge in [-0.15, -0.1) is 0 Å². The molecule has 0 aromatic heterocycles. The Morgan fingerprint density at radius 2 is 2.00 bits per heavy atom. The molecular formula is C15H29NO3. The number of carbonyl (C=O) groups is 1. The molecular weight excluding hydrogens is 242 g/mol. The molecule has 0 saturated heterocycles. The monoisotopic (exact) mass is 271 g/mol. The number of ether oxygens (including phenoxy) is 2. The van der Waals surface area contributed by atoms with Gasteiger partial charge in [-0.25, -0.2) is 0 Å². The Labute approximate surface area is 117 Å². The summed E-state index contributed by atoms with van der Waals surface area (Å²) in [4.78, 5) is 12.2. The molecule has 112 valence electrons. The fourth-order valence-corrected chi connectivity index (χ4v) is 2.16. The second kappa shape index (κ2) is 7.25. The molecule has 0 aliphatic heterocycles. The van der Waals surface area contributed by atoms with Crippen molar-refractivity contribution in [2.45, 2.75) is 71.6 Å². The molecule has 0 aromatic rings. The van der Waals surface area contributed by atoms with Crippen LogP contribution in [0.25, 0.3) is 0 Å². The van der Waals surface area contributed by atoms with Gasteiger partial charge in [0.05, 0.1) is 12.7 Å². The first kappa shape index (κ1) is 16.4. The average molecular weight is 271 g/mol. The van der Waals surface area contributed by atoms with Crippen molar-refractivity contribution in [2.75, 3.05) is 13.2 Å². The summed E-state index contributed by atoms with van der Waals surface area (Å²) in [6.07, 6.45) is 2.99. The predicted octanol–water partition coefficient (Wildman–Crippen LogP) is 2.51. The molecule has 4 nitrogen and oxygen atoms in total. The lowest BCUT2D eigenvalue weighted by Gasteiger charge is -2.31. The van der Waals surface area contributed by atoms with Crippen LogP contribution in [0, 0.1) is 5.92 Å². The van der Waals surface area contributed by atoms with Crippen LogP contribution in [0.3, 0.4) is 0 Å². The van der Waals surface area contributed by atoms with Gasteiger partial charge >= 0.3 is 5.97 Å². The van der Waals surface area contributed by atoms with Gasteiger partial charge in [0.1, 0.15) is 5.54 Å². The van der Waals surface area contributed by atoms with Crippen molar-refractivity contribution in [3.63, 3.8) is 0 Å².